The molecule has 0 radical (unpaired) electrons. The molecule has 0 spiro atoms. The summed E-state index contributed by atoms with van der Waals surface area (Å²) in [5.74, 6) is 0. The van der Waals surface area contributed by atoms with Crippen molar-refractivity contribution in [3.05, 3.63) is 35.0 Å². The molecule has 0 amide bonds. The van der Waals surface area contributed by atoms with Crippen molar-refractivity contribution in [1.29, 1.82) is 0 Å². The SMILES string of the molecule is CCNC(c1ccoc1Cl)c1cnnn1CC. The van der Waals surface area contributed by atoms with Gasteiger partial charge in [0, 0.05) is 12.1 Å². The van der Waals surface area contributed by atoms with Gasteiger partial charge in [-0.2, -0.15) is 0 Å². The van der Waals surface area contributed by atoms with Crippen LogP contribution in [0.4, 0.5) is 0 Å². The Kier molecular flexibility index (Phi) is 3.81. The molecule has 0 aliphatic rings. The lowest BCUT2D eigenvalue weighted by Gasteiger charge is -2.17. The van der Waals surface area contributed by atoms with Crippen LogP contribution in [0.25, 0.3) is 0 Å². The molecule has 5 nitrogen and oxygen atoms in total. The fourth-order valence-electron chi connectivity index (χ4n) is 1.82. The Morgan fingerprint density at radius 3 is 2.94 bits per heavy atom. The summed E-state index contributed by atoms with van der Waals surface area (Å²) in [5.41, 5.74) is 1.89. The van der Waals surface area contributed by atoms with Gasteiger partial charge in [0.05, 0.1) is 24.2 Å². The lowest BCUT2D eigenvalue weighted by Crippen LogP contribution is -2.24. The summed E-state index contributed by atoms with van der Waals surface area (Å²) in [6.07, 6.45) is 3.34. The third-order valence-corrected chi connectivity index (χ3v) is 2.92. The van der Waals surface area contributed by atoms with Crippen molar-refractivity contribution in [2.75, 3.05) is 6.54 Å². The fraction of sp³-hybridized carbons (Fsp3) is 0.455. The first-order valence-corrected chi connectivity index (χ1v) is 6.00. The summed E-state index contributed by atoms with van der Waals surface area (Å²) in [7, 11) is 0. The average molecular weight is 255 g/mol. The standard InChI is InChI=1S/C11H15ClN4O/c1-3-13-10(8-5-6-17-11(8)12)9-7-14-15-16(9)4-2/h5-7,10,13H,3-4H2,1-2H3. The van der Waals surface area contributed by atoms with Gasteiger partial charge in [0.2, 0.25) is 0 Å². The molecular weight excluding hydrogens is 240 g/mol. The number of rotatable bonds is 5. The first kappa shape index (κ1) is 12.1. The number of aromatic nitrogens is 3. The second-order valence-corrected chi connectivity index (χ2v) is 3.96. The van der Waals surface area contributed by atoms with Crippen LogP contribution in [0.15, 0.2) is 22.9 Å². The van der Waals surface area contributed by atoms with E-state index in [1.165, 1.54) is 0 Å². The summed E-state index contributed by atoms with van der Waals surface area (Å²) in [6.45, 7) is 5.66. The Labute approximate surface area is 105 Å². The highest BCUT2D eigenvalue weighted by atomic mass is 35.5. The molecule has 2 aromatic rings. The molecule has 92 valence electrons. The van der Waals surface area contributed by atoms with Crippen molar-refractivity contribution < 1.29 is 4.42 Å². The Balaban J connectivity index is 2.39. The molecule has 2 heterocycles. The van der Waals surface area contributed by atoms with Gasteiger partial charge in [0.15, 0.2) is 5.22 Å². The molecule has 1 unspecified atom stereocenters. The van der Waals surface area contributed by atoms with Crippen molar-refractivity contribution in [2.24, 2.45) is 0 Å². The van der Waals surface area contributed by atoms with Gasteiger partial charge in [-0.3, -0.25) is 0 Å². The molecule has 1 atom stereocenters. The minimum Gasteiger partial charge on any atom is -0.453 e. The van der Waals surface area contributed by atoms with Crippen molar-refractivity contribution >= 4 is 11.6 Å². The molecule has 2 aromatic heterocycles. The summed E-state index contributed by atoms with van der Waals surface area (Å²) in [4.78, 5) is 0. The number of hydrogen-bond donors (Lipinski definition) is 1. The monoisotopic (exact) mass is 254 g/mol. The molecule has 0 saturated carbocycles. The first-order chi connectivity index (χ1) is 8.27. The summed E-state index contributed by atoms with van der Waals surface area (Å²) in [5, 5.41) is 11.7. The number of aryl methyl sites for hydroxylation is 1. The second-order valence-electron chi connectivity index (χ2n) is 3.61. The maximum absolute atomic E-state index is 6.03. The van der Waals surface area contributed by atoms with Crippen LogP contribution in [0.2, 0.25) is 5.22 Å². The largest absolute Gasteiger partial charge is 0.453 e. The van der Waals surface area contributed by atoms with Crippen LogP contribution in [0.1, 0.15) is 31.1 Å². The van der Waals surface area contributed by atoms with E-state index in [1.807, 2.05) is 24.6 Å². The van der Waals surface area contributed by atoms with Crippen molar-refractivity contribution in [3.8, 4) is 0 Å². The molecule has 2 rings (SSSR count). The van der Waals surface area contributed by atoms with Crippen LogP contribution < -0.4 is 5.32 Å². The first-order valence-electron chi connectivity index (χ1n) is 5.62. The Hall–Kier alpha value is -1.33. The van der Waals surface area contributed by atoms with E-state index in [2.05, 4.69) is 15.6 Å². The quantitative estimate of drug-likeness (QED) is 0.889. The lowest BCUT2D eigenvalue weighted by atomic mass is 10.1. The molecule has 0 fully saturated rings. The van der Waals surface area contributed by atoms with E-state index in [9.17, 15) is 0 Å². The van der Waals surface area contributed by atoms with Gasteiger partial charge < -0.3 is 9.73 Å². The molecule has 0 aliphatic carbocycles. The molecule has 1 N–H and O–H groups in total. The van der Waals surface area contributed by atoms with E-state index in [-0.39, 0.29) is 6.04 Å². The second kappa shape index (κ2) is 5.33. The minimum absolute atomic E-state index is 0.0406. The van der Waals surface area contributed by atoms with Crippen LogP contribution in [0, 0.1) is 0 Å². The van der Waals surface area contributed by atoms with E-state index >= 15 is 0 Å². The third kappa shape index (κ3) is 2.35. The number of nitrogens with one attached hydrogen (secondary N) is 1. The van der Waals surface area contributed by atoms with Gasteiger partial charge in [0.1, 0.15) is 0 Å². The van der Waals surface area contributed by atoms with Crippen molar-refractivity contribution in [1.82, 2.24) is 20.3 Å². The van der Waals surface area contributed by atoms with Gasteiger partial charge in [-0.25, -0.2) is 4.68 Å². The average Bonchev–Trinajstić information content (AvgIpc) is 2.94. The van der Waals surface area contributed by atoms with Crippen LogP contribution in [-0.2, 0) is 6.54 Å². The zero-order valence-electron chi connectivity index (χ0n) is 9.85. The van der Waals surface area contributed by atoms with E-state index in [1.54, 1.807) is 12.5 Å². The molecule has 6 heteroatoms. The number of halogens is 1. The predicted octanol–water partition coefficient (Wildman–Crippen LogP) is 2.24. The van der Waals surface area contributed by atoms with E-state index in [0.29, 0.717) is 5.22 Å². The van der Waals surface area contributed by atoms with E-state index in [0.717, 1.165) is 24.3 Å². The molecule has 0 bridgehead atoms. The molecule has 17 heavy (non-hydrogen) atoms. The Morgan fingerprint density at radius 1 is 1.53 bits per heavy atom. The summed E-state index contributed by atoms with van der Waals surface area (Å²) < 4.78 is 6.98. The van der Waals surface area contributed by atoms with Crippen LogP contribution in [0.3, 0.4) is 0 Å². The Bertz CT molecular complexity index is 479. The molecule has 0 aromatic carbocycles. The maximum Gasteiger partial charge on any atom is 0.198 e. The van der Waals surface area contributed by atoms with Crippen molar-refractivity contribution in [3.63, 3.8) is 0 Å². The fourth-order valence-corrected chi connectivity index (χ4v) is 2.05. The molecule has 0 aliphatic heterocycles. The topological polar surface area (TPSA) is 55.9 Å². The highest BCUT2D eigenvalue weighted by molar-refractivity contribution is 6.29. The highest BCUT2D eigenvalue weighted by Gasteiger charge is 2.21. The van der Waals surface area contributed by atoms with Gasteiger partial charge >= 0.3 is 0 Å². The third-order valence-electron chi connectivity index (χ3n) is 2.61. The Morgan fingerprint density at radius 2 is 2.35 bits per heavy atom. The van der Waals surface area contributed by atoms with E-state index in [4.69, 9.17) is 16.0 Å². The normalized spacial score (nSPS) is 12.9. The van der Waals surface area contributed by atoms with Gasteiger partial charge in [-0.15, -0.1) is 5.10 Å². The molecule has 0 saturated heterocycles. The zero-order chi connectivity index (χ0) is 12.3. The van der Waals surface area contributed by atoms with Gasteiger partial charge in [-0.1, -0.05) is 12.1 Å². The summed E-state index contributed by atoms with van der Waals surface area (Å²) >= 11 is 6.03. The lowest BCUT2D eigenvalue weighted by molar-refractivity contribution is 0.523. The summed E-state index contributed by atoms with van der Waals surface area (Å²) in [6, 6.07) is 1.82. The maximum atomic E-state index is 6.03. The highest BCUT2D eigenvalue weighted by Crippen LogP contribution is 2.28. The predicted molar refractivity (Wildman–Crippen MR) is 64.9 cm³/mol. The van der Waals surface area contributed by atoms with Crippen molar-refractivity contribution in [2.45, 2.75) is 26.4 Å². The smallest absolute Gasteiger partial charge is 0.198 e. The van der Waals surface area contributed by atoms with Crippen LogP contribution >= 0.6 is 11.6 Å². The van der Waals surface area contributed by atoms with Crippen LogP contribution in [-0.4, -0.2) is 21.5 Å². The molecular formula is C11H15ClN4O. The number of furan rings is 1. The number of hydrogen-bond acceptors (Lipinski definition) is 4. The minimum atomic E-state index is -0.0406. The van der Waals surface area contributed by atoms with Gasteiger partial charge in [-0.05, 0) is 31.1 Å². The zero-order valence-corrected chi connectivity index (χ0v) is 10.6. The van der Waals surface area contributed by atoms with E-state index < -0.39 is 0 Å². The number of nitrogens with zero attached hydrogens (tertiary/aromatic N) is 3. The van der Waals surface area contributed by atoms with Crippen LogP contribution in [0.5, 0.6) is 0 Å². The van der Waals surface area contributed by atoms with Gasteiger partial charge in [0.25, 0.3) is 0 Å².